The second kappa shape index (κ2) is 5.08. The van der Waals surface area contributed by atoms with E-state index in [1.165, 1.54) is 0 Å². The van der Waals surface area contributed by atoms with Crippen LogP contribution in [-0.4, -0.2) is 20.7 Å². The van der Waals surface area contributed by atoms with Crippen LogP contribution in [0, 0.1) is 17.4 Å². The molecule has 0 radical (unpaired) electrons. The van der Waals surface area contributed by atoms with Gasteiger partial charge < -0.3 is 4.74 Å². The maximum atomic E-state index is 11.0. The van der Waals surface area contributed by atoms with Crippen LogP contribution in [-0.2, 0) is 9.53 Å². The van der Waals surface area contributed by atoms with Gasteiger partial charge in [-0.2, -0.15) is 0 Å². The molecular formula is C10H18O2Si. The topological polar surface area (TPSA) is 26.3 Å². The van der Waals surface area contributed by atoms with Gasteiger partial charge in [-0.15, -0.1) is 5.54 Å². The zero-order valence-corrected chi connectivity index (χ0v) is 10.1. The molecule has 0 unspecified atom stereocenters. The van der Waals surface area contributed by atoms with Crippen LogP contribution >= 0.6 is 0 Å². The first-order valence-corrected chi connectivity index (χ1v) is 7.99. The fourth-order valence-electron chi connectivity index (χ4n) is 0.575. The van der Waals surface area contributed by atoms with E-state index in [4.69, 9.17) is 4.74 Å². The molecular weight excluding hydrogens is 180 g/mol. The first kappa shape index (κ1) is 12.2. The van der Waals surface area contributed by atoms with E-state index in [0.717, 1.165) is 0 Å². The van der Waals surface area contributed by atoms with Crippen molar-refractivity contribution in [1.29, 1.82) is 0 Å². The minimum absolute atomic E-state index is 0.0614. The van der Waals surface area contributed by atoms with Crippen molar-refractivity contribution in [3.8, 4) is 11.5 Å². The lowest BCUT2D eigenvalue weighted by Gasteiger charge is -2.05. The van der Waals surface area contributed by atoms with Gasteiger partial charge >= 0.3 is 5.97 Å². The highest BCUT2D eigenvalue weighted by molar-refractivity contribution is 6.83. The van der Waals surface area contributed by atoms with Crippen LogP contribution in [0.4, 0.5) is 0 Å². The number of ether oxygens (including phenoxy) is 1. The normalized spacial score (nSPS) is 10.6. The first-order valence-electron chi connectivity index (χ1n) is 4.49. The third-order valence-electron chi connectivity index (χ3n) is 1.22. The summed E-state index contributed by atoms with van der Waals surface area (Å²) in [6.07, 6.45) is 0. The molecule has 3 heteroatoms. The summed E-state index contributed by atoms with van der Waals surface area (Å²) in [5.41, 5.74) is 3.13. The molecule has 74 valence electrons. The molecule has 0 aliphatic heterocycles. The van der Waals surface area contributed by atoms with Gasteiger partial charge in [-0.25, -0.2) is 0 Å². The molecule has 0 aromatic rings. The van der Waals surface area contributed by atoms with E-state index < -0.39 is 8.07 Å². The van der Waals surface area contributed by atoms with Crippen LogP contribution in [0.1, 0.15) is 13.8 Å². The van der Waals surface area contributed by atoms with Crippen LogP contribution in [0.5, 0.6) is 0 Å². The molecule has 0 amide bonds. The Labute approximate surface area is 81.7 Å². The van der Waals surface area contributed by atoms with Crippen molar-refractivity contribution in [2.75, 3.05) is 6.61 Å². The van der Waals surface area contributed by atoms with Crippen LogP contribution in [0.2, 0.25) is 19.6 Å². The number of carbonyl (C=O) groups is 1. The van der Waals surface area contributed by atoms with Crippen LogP contribution in [0.15, 0.2) is 0 Å². The Bertz CT molecular complexity index is 228. The number of carbonyl (C=O) groups excluding carboxylic acids is 1. The number of rotatable bonds is 2. The molecule has 0 aromatic heterocycles. The SMILES string of the molecule is CC(C)C(=O)OCC#C[Si](C)(C)C. The van der Waals surface area contributed by atoms with Crippen LogP contribution in [0.3, 0.4) is 0 Å². The average Bonchev–Trinajstić information content (AvgIpc) is 1.95. The van der Waals surface area contributed by atoms with Gasteiger partial charge in [-0.3, -0.25) is 4.79 Å². The zero-order chi connectivity index (χ0) is 10.5. The lowest BCUT2D eigenvalue weighted by atomic mass is 10.2. The average molecular weight is 198 g/mol. The summed E-state index contributed by atoms with van der Waals surface area (Å²) in [4.78, 5) is 11.0. The summed E-state index contributed by atoms with van der Waals surface area (Å²) in [5, 5.41) is 0. The molecule has 0 fully saturated rings. The van der Waals surface area contributed by atoms with E-state index in [9.17, 15) is 4.79 Å². The number of esters is 1. The standard InChI is InChI=1S/C10H18O2Si/c1-9(2)10(11)12-7-6-8-13(3,4)5/h9H,7H2,1-5H3. The summed E-state index contributed by atoms with van der Waals surface area (Å²) >= 11 is 0. The second-order valence-electron chi connectivity index (χ2n) is 4.31. The van der Waals surface area contributed by atoms with Gasteiger partial charge in [0.05, 0.1) is 5.92 Å². The molecule has 0 heterocycles. The molecule has 0 rings (SSSR count). The molecule has 0 aromatic carbocycles. The van der Waals surface area contributed by atoms with Gasteiger partial charge in [-0.05, 0) is 0 Å². The van der Waals surface area contributed by atoms with Crippen molar-refractivity contribution < 1.29 is 9.53 Å². The van der Waals surface area contributed by atoms with E-state index in [1.807, 2.05) is 13.8 Å². The zero-order valence-electron chi connectivity index (χ0n) is 9.10. The molecule has 0 N–H and O–H groups in total. The summed E-state index contributed by atoms with van der Waals surface area (Å²) < 4.78 is 4.91. The van der Waals surface area contributed by atoms with Gasteiger partial charge in [0.25, 0.3) is 0 Å². The Kier molecular flexibility index (Phi) is 4.79. The molecule has 0 aliphatic carbocycles. The quantitative estimate of drug-likeness (QED) is 0.386. The Balaban J connectivity index is 3.79. The van der Waals surface area contributed by atoms with Crippen LogP contribution in [0.25, 0.3) is 0 Å². The Morgan fingerprint density at radius 3 is 2.31 bits per heavy atom. The summed E-state index contributed by atoms with van der Waals surface area (Å²) in [6.45, 7) is 10.3. The minimum Gasteiger partial charge on any atom is -0.452 e. The van der Waals surface area contributed by atoms with Crippen molar-refractivity contribution in [1.82, 2.24) is 0 Å². The van der Waals surface area contributed by atoms with E-state index in [-0.39, 0.29) is 18.5 Å². The number of hydrogen-bond acceptors (Lipinski definition) is 2. The molecule has 0 spiro atoms. The molecule has 2 nitrogen and oxygen atoms in total. The Hall–Kier alpha value is -0.753. The summed E-state index contributed by atoms with van der Waals surface area (Å²) in [6, 6.07) is 0. The fourth-order valence-corrected chi connectivity index (χ4v) is 1.18. The molecule has 0 saturated carbocycles. The van der Waals surface area contributed by atoms with Crippen molar-refractivity contribution in [3.05, 3.63) is 0 Å². The predicted molar refractivity (Wildman–Crippen MR) is 56.9 cm³/mol. The first-order chi connectivity index (χ1) is 5.83. The summed E-state index contributed by atoms with van der Waals surface area (Å²) in [7, 11) is -1.31. The van der Waals surface area contributed by atoms with Crippen LogP contribution < -0.4 is 0 Å². The third kappa shape index (κ3) is 7.60. The van der Waals surface area contributed by atoms with Crippen molar-refractivity contribution in [2.24, 2.45) is 5.92 Å². The Morgan fingerprint density at radius 1 is 1.38 bits per heavy atom. The van der Waals surface area contributed by atoms with Crippen molar-refractivity contribution in [2.45, 2.75) is 33.5 Å². The third-order valence-corrected chi connectivity index (χ3v) is 2.15. The molecule has 0 saturated heterocycles. The van der Waals surface area contributed by atoms with Gasteiger partial charge in [0.1, 0.15) is 8.07 Å². The fraction of sp³-hybridized carbons (Fsp3) is 0.700. The Morgan fingerprint density at radius 2 is 1.92 bits per heavy atom. The van der Waals surface area contributed by atoms with Gasteiger partial charge in [0.2, 0.25) is 0 Å². The molecule has 0 atom stereocenters. The van der Waals surface area contributed by atoms with Crippen molar-refractivity contribution >= 4 is 14.0 Å². The monoisotopic (exact) mass is 198 g/mol. The highest BCUT2D eigenvalue weighted by Crippen LogP contribution is 1.97. The lowest BCUT2D eigenvalue weighted by molar-refractivity contribution is -0.145. The van der Waals surface area contributed by atoms with Gasteiger partial charge in [-0.1, -0.05) is 39.4 Å². The maximum absolute atomic E-state index is 11.0. The van der Waals surface area contributed by atoms with E-state index in [1.54, 1.807) is 0 Å². The second-order valence-corrected chi connectivity index (χ2v) is 9.06. The number of hydrogen-bond donors (Lipinski definition) is 0. The highest BCUT2D eigenvalue weighted by Gasteiger charge is 2.08. The summed E-state index contributed by atoms with van der Waals surface area (Å²) in [5.74, 6) is 2.64. The lowest BCUT2D eigenvalue weighted by Crippen LogP contribution is -2.17. The molecule has 0 bridgehead atoms. The smallest absolute Gasteiger partial charge is 0.309 e. The van der Waals surface area contributed by atoms with Gasteiger partial charge in [0, 0.05) is 0 Å². The maximum Gasteiger partial charge on any atom is 0.309 e. The predicted octanol–water partition coefficient (Wildman–Crippen LogP) is 2.07. The van der Waals surface area contributed by atoms with E-state index in [2.05, 4.69) is 31.1 Å². The molecule has 0 aliphatic rings. The largest absolute Gasteiger partial charge is 0.452 e. The minimum atomic E-state index is -1.31. The molecule has 13 heavy (non-hydrogen) atoms. The van der Waals surface area contributed by atoms with E-state index >= 15 is 0 Å². The van der Waals surface area contributed by atoms with E-state index in [0.29, 0.717) is 0 Å². The van der Waals surface area contributed by atoms with Crippen molar-refractivity contribution in [3.63, 3.8) is 0 Å². The highest BCUT2D eigenvalue weighted by atomic mass is 28.3. The van der Waals surface area contributed by atoms with Gasteiger partial charge in [0.15, 0.2) is 6.61 Å².